The van der Waals surface area contributed by atoms with Crippen LogP contribution < -0.4 is 0 Å². The molecule has 0 aliphatic heterocycles. The summed E-state index contributed by atoms with van der Waals surface area (Å²) in [5.41, 5.74) is 8.54. The van der Waals surface area contributed by atoms with E-state index in [2.05, 4.69) is 113 Å². The molecule has 30 heavy (non-hydrogen) atoms. The Morgan fingerprint density at radius 1 is 0.533 bits per heavy atom. The smallest absolute Gasteiger partial charge is 0.142 e. The zero-order valence-electron chi connectivity index (χ0n) is 18.6. The van der Waals surface area contributed by atoms with E-state index in [0.717, 1.165) is 17.1 Å². The summed E-state index contributed by atoms with van der Waals surface area (Å²) >= 11 is 0. The Kier molecular flexibility index (Phi) is 5.63. The molecule has 3 aromatic carbocycles. The van der Waals surface area contributed by atoms with Crippen LogP contribution in [0, 0.1) is 6.92 Å². The topological polar surface area (TPSA) is 13.1 Å². The summed E-state index contributed by atoms with van der Waals surface area (Å²) in [7, 11) is 0. The van der Waals surface area contributed by atoms with Gasteiger partial charge in [-0.3, -0.25) is 0 Å². The van der Waals surface area contributed by atoms with Gasteiger partial charge in [0.1, 0.15) is 11.5 Å². The largest absolute Gasteiger partial charge is 0.460 e. The maximum Gasteiger partial charge on any atom is 0.142 e. The van der Waals surface area contributed by atoms with Crippen molar-refractivity contribution in [1.82, 2.24) is 0 Å². The van der Waals surface area contributed by atoms with Crippen LogP contribution in [0.2, 0.25) is 0 Å². The molecule has 0 unspecified atom stereocenters. The molecule has 0 aliphatic carbocycles. The summed E-state index contributed by atoms with van der Waals surface area (Å²) in [4.78, 5) is 0. The minimum Gasteiger partial charge on any atom is -0.460 e. The molecule has 0 N–H and O–H groups in total. The predicted molar refractivity (Wildman–Crippen MR) is 128 cm³/mol. The van der Waals surface area contributed by atoms with Crippen LogP contribution in [0.4, 0.5) is 0 Å². The van der Waals surface area contributed by atoms with Gasteiger partial charge in [0, 0.05) is 16.7 Å². The second-order valence-corrected chi connectivity index (χ2v) is 8.66. The maximum atomic E-state index is 6.42. The van der Waals surface area contributed by atoms with Crippen molar-refractivity contribution in [2.24, 2.45) is 0 Å². The molecule has 0 radical (unpaired) electrons. The van der Waals surface area contributed by atoms with E-state index in [1.807, 2.05) is 0 Å². The van der Waals surface area contributed by atoms with Gasteiger partial charge in [-0.05, 0) is 41.0 Å². The summed E-state index contributed by atoms with van der Waals surface area (Å²) in [5, 5.41) is 0. The minimum atomic E-state index is 0.514. The van der Waals surface area contributed by atoms with Gasteiger partial charge in [-0.2, -0.15) is 0 Å². The Labute approximate surface area is 180 Å². The van der Waals surface area contributed by atoms with Gasteiger partial charge in [0.05, 0.1) is 0 Å². The second kappa shape index (κ2) is 8.36. The standard InChI is InChI=1S/C29H30O/c1-19(2)22-11-15-25(16-12-22)28-27(24-9-7-6-8-10-24)21(5)30-29(28)26-17-13-23(14-18-26)20(3)4/h6-20H,1-5H3. The van der Waals surface area contributed by atoms with E-state index in [4.69, 9.17) is 4.42 Å². The lowest BCUT2D eigenvalue weighted by atomic mass is 9.91. The van der Waals surface area contributed by atoms with E-state index in [1.54, 1.807) is 0 Å². The van der Waals surface area contributed by atoms with E-state index in [9.17, 15) is 0 Å². The van der Waals surface area contributed by atoms with Crippen molar-refractivity contribution in [1.29, 1.82) is 0 Å². The van der Waals surface area contributed by atoms with Crippen LogP contribution in [-0.2, 0) is 0 Å². The zero-order chi connectivity index (χ0) is 21.3. The highest BCUT2D eigenvalue weighted by atomic mass is 16.3. The molecule has 1 heterocycles. The second-order valence-electron chi connectivity index (χ2n) is 8.66. The van der Waals surface area contributed by atoms with E-state index >= 15 is 0 Å². The zero-order valence-corrected chi connectivity index (χ0v) is 18.6. The number of hydrogen-bond acceptors (Lipinski definition) is 1. The van der Waals surface area contributed by atoms with Crippen LogP contribution in [0.1, 0.15) is 56.4 Å². The summed E-state index contributed by atoms with van der Waals surface area (Å²) in [6.45, 7) is 11.0. The molecule has 4 aromatic rings. The first kappa shape index (κ1) is 20.2. The SMILES string of the molecule is Cc1oc(-c2ccc(C(C)C)cc2)c(-c2ccc(C(C)C)cc2)c1-c1ccccc1. The molecule has 0 fully saturated rings. The fraction of sp³-hybridized carbons (Fsp3) is 0.241. The molecule has 1 aromatic heterocycles. The normalized spacial score (nSPS) is 11.4. The molecule has 4 rings (SSSR count). The van der Waals surface area contributed by atoms with E-state index in [0.29, 0.717) is 11.8 Å². The van der Waals surface area contributed by atoms with Gasteiger partial charge in [-0.25, -0.2) is 0 Å². The van der Waals surface area contributed by atoms with Crippen molar-refractivity contribution in [2.75, 3.05) is 0 Å². The van der Waals surface area contributed by atoms with Crippen LogP contribution in [0.15, 0.2) is 83.3 Å². The molecular weight excluding hydrogens is 364 g/mol. The number of furan rings is 1. The predicted octanol–water partition coefficient (Wildman–Crippen LogP) is 8.84. The van der Waals surface area contributed by atoms with Gasteiger partial charge >= 0.3 is 0 Å². The number of aryl methyl sites for hydroxylation is 1. The third kappa shape index (κ3) is 3.85. The van der Waals surface area contributed by atoms with Crippen LogP contribution >= 0.6 is 0 Å². The molecule has 0 saturated heterocycles. The minimum absolute atomic E-state index is 0.514. The fourth-order valence-electron chi connectivity index (χ4n) is 4.03. The average Bonchev–Trinajstić information content (AvgIpc) is 3.11. The van der Waals surface area contributed by atoms with Gasteiger partial charge in [0.15, 0.2) is 0 Å². The summed E-state index contributed by atoms with van der Waals surface area (Å²) in [5.74, 6) is 2.92. The molecule has 152 valence electrons. The molecule has 1 heteroatoms. The summed E-state index contributed by atoms with van der Waals surface area (Å²) in [6, 6.07) is 28.3. The highest BCUT2D eigenvalue weighted by molar-refractivity contribution is 5.93. The lowest BCUT2D eigenvalue weighted by Gasteiger charge is -2.11. The quantitative estimate of drug-likeness (QED) is 0.329. The Balaban J connectivity index is 1.92. The van der Waals surface area contributed by atoms with Crippen molar-refractivity contribution >= 4 is 0 Å². The molecular formula is C29H30O. The van der Waals surface area contributed by atoms with E-state index in [-0.39, 0.29) is 0 Å². The van der Waals surface area contributed by atoms with Crippen LogP contribution in [0.3, 0.4) is 0 Å². The van der Waals surface area contributed by atoms with E-state index < -0.39 is 0 Å². The number of hydrogen-bond donors (Lipinski definition) is 0. The summed E-state index contributed by atoms with van der Waals surface area (Å²) < 4.78 is 6.42. The molecule has 0 spiro atoms. The van der Waals surface area contributed by atoms with Crippen molar-refractivity contribution in [2.45, 2.75) is 46.5 Å². The third-order valence-electron chi connectivity index (χ3n) is 5.85. The lowest BCUT2D eigenvalue weighted by molar-refractivity contribution is 0.550. The Bertz CT molecular complexity index is 1110. The molecule has 0 amide bonds. The van der Waals surface area contributed by atoms with Crippen LogP contribution in [0.25, 0.3) is 33.6 Å². The van der Waals surface area contributed by atoms with Crippen molar-refractivity contribution < 1.29 is 4.42 Å². The molecule has 0 saturated carbocycles. The molecule has 0 aliphatic rings. The van der Waals surface area contributed by atoms with Crippen molar-refractivity contribution in [3.63, 3.8) is 0 Å². The fourth-order valence-corrected chi connectivity index (χ4v) is 4.03. The van der Waals surface area contributed by atoms with E-state index in [1.165, 1.54) is 33.4 Å². The molecule has 1 nitrogen and oxygen atoms in total. The van der Waals surface area contributed by atoms with Gasteiger partial charge < -0.3 is 4.42 Å². The lowest BCUT2D eigenvalue weighted by Crippen LogP contribution is -1.90. The van der Waals surface area contributed by atoms with Crippen LogP contribution in [-0.4, -0.2) is 0 Å². The van der Waals surface area contributed by atoms with Crippen LogP contribution in [0.5, 0.6) is 0 Å². The Hall–Kier alpha value is -3.06. The monoisotopic (exact) mass is 394 g/mol. The number of rotatable bonds is 5. The molecule has 0 atom stereocenters. The van der Waals surface area contributed by atoms with Gasteiger partial charge in [-0.15, -0.1) is 0 Å². The van der Waals surface area contributed by atoms with Crippen molar-refractivity contribution in [3.05, 3.63) is 95.7 Å². The third-order valence-corrected chi connectivity index (χ3v) is 5.85. The highest BCUT2D eigenvalue weighted by Crippen LogP contribution is 2.44. The van der Waals surface area contributed by atoms with Gasteiger partial charge in [0.25, 0.3) is 0 Å². The first-order valence-electron chi connectivity index (χ1n) is 10.8. The summed E-state index contributed by atoms with van der Waals surface area (Å²) in [6.07, 6.45) is 0. The molecule has 0 bridgehead atoms. The Morgan fingerprint density at radius 2 is 1.00 bits per heavy atom. The van der Waals surface area contributed by atoms with Gasteiger partial charge in [0.2, 0.25) is 0 Å². The maximum absolute atomic E-state index is 6.42. The average molecular weight is 395 g/mol. The first-order valence-corrected chi connectivity index (χ1v) is 10.8. The first-order chi connectivity index (χ1) is 14.5. The van der Waals surface area contributed by atoms with Gasteiger partial charge in [-0.1, -0.05) is 107 Å². The number of benzene rings is 3. The Morgan fingerprint density at radius 3 is 1.50 bits per heavy atom. The highest BCUT2D eigenvalue weighted by Gasteiger charge is 2.22. The van der Waals surface area contributed by atoms with Crippen molar-refractivity contribution in [3.8, 4) is 33.6 Å².